The summed E-state index contributed by atoms with van der Waals surface area (Å²) in [5.41, 5.74) is 2.94. The highest BCUT2D eigenvalue weighted by Gasteiger charge is 2.43. The van der Waals surface area contributed by atoms with E-state index in [1.165, 1.54) is 4.88 Å². The van der Waals surface area contributed by atoms with E-state index in [2.05, 4.69) is 33.5 Å². The SMILES string of the molecule is NNC(c1ccc(Br)s1)C1CCOC2(CCOC2)C1. The normalized spacial score (nSPS) is 32.8. The van der Waals surface area contributed by atoms with E-state index >= 15 is 0 Å². The van der Waals surface area contributed by atoms with Crippen molar-refractivity contribution < 1.29 is 9.47 Å². The summed E-state index contributed by atoms with van der Waals surface area (Å²) in [6, 6.07) is 4.43. The van der Waals surface area contributed by atoms with Gasteiger partial charge in [-0.1, -0.05) is 0 Å². The molecule has 1 aromatic heterocycles. The minimum atomic E-state index is -0.0630. The van der Waals surface area contributed by atoms with E-state index in [-0.39, 0.29) is 11.6 Å². The van der Waals surface area contributed by atoms with Crippen molar-refractivity contribution in [3.8, 4) is 0 Å². The Morgan fingerprint density at radius 2 is 2.37 bits per heavy atom. The maximum atomic E-state index is 5.99. The van der Waals surface area contributed by atoms with Crippen LogP contribution in [0.5, 0.6) is 0 Å². The Morgan fingerprint density at radius 3 is 3.00 bits per heavy atom. The summed E-state index contributed by atoms with van der Waals surface area (Å²) in [6.07, 6.45) is 3.08. The van der Waals surface area contributed by atoms with Gasteiger partial charge >= 0.3 is 0 Å². The molecule has 2 fully saturated rings. The Hall–Kier alpha value is 0.0200. The minimum absolute atomic E-state index is 0.0630. The first-order valence-corrected chi connectivity index (χ1v) is 8.26. The molecule has 1 spiro atoms. The lowest BCUT2D eigenvalue weighted by Crippen LogP contribution is -2.45. The molecule has 3 unspecified atom stereocenters. The molecule has 0 radical (unpaired) electrons. The Morgan fingerprint density at radius 1 is 1.47 bits per heavy atom. The zero-order chi connectivity index (χ0) is 13.3. The molecule has 3 atom stereocenters. The van der Waals surface area contributed by atoms with Gasteiger partial charge in [-0.2, -0.15) is 0 Å². The molecular formula is C13H19BrN2O2S. The van der Waals surface area contributed by atoms with Crippen LogP contribution < -0.4 is 11.3 Å². The van der Waals surface area contributed by atoms with Crippen molar-refractivity contribution in [2.45, 2.75) is 30.9 Å². The van der Waals surface area contributed by atoms with E-state index in [4.69, 9.17) is 15.3 Å². The largest absolute Gasteiger partial charge is 0.378 e. The van der Waals surface area contributed by atoms with E-state index in [0.29, 0.717) is 5.92 Å². The number of hydrazine groups is 1. The van der Waals surface area contributed by atoms with Crippen LogP contribution in [0.25, 0.3) is 0 Å². The van der Waals surface area contributed by atoms with Crippen molar-refractivity contribution in [1.82, 2.24) is 5.43 Å². The fourth-order valence-corrected chi connectivity index (χ4v) is 4.74. The summed E-state index contributed by atoms with van der Waals surface area (Å²) in [5.74, 6) is 6.31. The fourth-order valence-electron chi connectivity index (χ4n) is 3.16. The van der Waals surface area contributed by atoms with Crippen LogP contribution in [0.15, 0.2) is 15.9 Å². The number of halogens is 1. The van der Waals surface area contributed by atoms with Gasteiger partial charge in [0, 0.05) is 24.5 Å². The second-order valence-corrected chi connectivity index (χ2v) is 7.87. The van der Waals surface area contributed by atoms with Gasteiger partial charge in [-0.05, 0) is 46.8 Å². The van der Waals surface area contributed by atoms with Gasteiger partial charge in [0.2, 0.25) is 0 Å². The lowest BCUT2D eigenvalue weighted by Gasteiger charge is -2.40. The monoisotopic (exact) mass is 346 g/mol. The van der Waals surface area contributed by atoms with Gasteiger partial charge in [0.1, 0.15) is 0 Å². The summed E-state index contributed by atoms with van der Waals surface area (Å²) in [6.45, 7) is 2.35. The molecule has 2 aliphatic rings. The van der Waals surface area contributed by atoms with Crippen molar-refractivity contribution in [1.29, 1.82) is 0 Å². The van der Waals surface area contributed by atoms with Crippen molar-refractivity contribution in [3.63, 3.8) is 0 Å². The number of hydrogen-bond donors (Lipinski definition) is 2. The highest BCUT2D eigenvalue weighted by Crippen LogP contribution is 2.42. The first-order valence-electron chi connectivity index (χ1n) is 6.65. The number of thiophene rings is 1. The minimum Gasteiger partial charge on any atom is -0.378 e. The van der Waals surface area contributed by atoms with Gasteiger partial charge in [-0.25, -0.2) is 0 Å². The average Bonchev–Trinajstić information content (AvgIpc) is 3.01. The van der Waals surface area contributed by atoms with Crippen molar-refractivity contribution in [3.05, 3.63) is 20.8 Å². The molecule has 1 aromatic rings. The van der Waals surface area contributed by atoms with Crippen LogP contribution in [0.4, 0.5) is 0 Å². The van der Waals surface area contributed by atoms with Crippen molar-refractivity contribution in [2.24, 2.45) is 11.8 Å². The van der Waals surface area contributed by atoms with Crippen LogP contribution in [0.2, 0.25) is 0 Å². The summed E-state index contributed by atoms with van der Waals surface area (Å²) >= 11 is 5.27. The van der Waals surface area contributed by atoms with E-state index in [0.717, 1.165) is 42.9 Å². The van der Waals surface area contributed by atoms with E-state index in [1.807, 2.05) is 0 Å². The smallest absolute Gasteiger partial charge is 0.0940 e. The third-order valence-corrected chi connectivity index (χ3v) is 5.86. The lowest BCUT2D eigenvalue weighted by molar-refractivity contribution is -0.103. The van der Waals surface area contributed by atoms with Crippen LogP contribution in [-0.4, -0.2) is 25.4 Å². The predicted molar refractivity (Wildman–Crippen MR) is 78.9 cm³/mol. The number of hydrogen-bond acceptors (Lipinski definition) is 5. The quantitative estimate of drug-likeness (QED) is 0.652. The second-order valence-electron chi connectivity index (χ2n) is 5.37. The highest BCUT2D eigenvalue weighted by molar-refractivity contribution is 9.11. The maximum Gasteiger partial charge on any atom is 0.0940 e. The number of ether oxygens (including phenoxy) is 2. The second kappa shape index (κ2) is 5.79. The Balaban J connectivity index is 1.76. The molecule has 2 aliphatic heterocycles. The lowest BCUT2D eigenvalue weighted by atomic mass is 9.81. The third-order valence-electron chi connectivity index (χ3n) is 4.15. The molecule has 106 valence electrons. The molecule has 0 amide bonds. The maximum absolute atomic E-state index is 5.99. The van der Waals surface area contributed by atoms with Gasteiger partial charge in [-0.3, -0.25) is 11.3 Å². The van der Waals surface area contributed by atoms with E-state index < -0.39 is 0 Å². The first-order chi connectivity index (χ1) is 9.22. The molecule has 0 aliphatic carbocycles. The van der Waals surface area contributed by atoms with Crippen molar-refractivity contribution >= 4 is 27.3 Å². The molecule has 0 bridgehead atoms. The number of rotatable bonds is 3. The predicted octanol–water partition coefficient (Wildman–Crippen LogP) is 2.60. The summed E-state index contributed by atoms with van der Waals surface area (Å²) in [5, 5.41) is 0. The van der Waals surface area contributed by atoms with Crippen LogP contribution in [0.3, 0.4) is 0 Å². The molecule has 4 nitrogen and oxygen atoms in total. The molecule has 6 heteroatoms. The molecule has 2 saturated heterocycles. The highest BCUT2D eigenvalue weighted by atomic mass is 79.9. The Kier molecular flexibility index (Phi) is 4.26. The van der Waals surface area contributed by atoms with Gasteiger partial charge in [0.25, 0.3) is 0 Å². The van der Waals surface area contributed by atoms with Crippen LogP contribution >= 0.6 is 27.3 Å². The first kappa shape index (κ1) is 14.0. The molecular weight excluding hydrogens is 328 g/mol. The molecule has 3 heterocycles. The van der Waals surface area contributed by atoms with Crippen molar-refractivity contribution in [2.75, 3.05) is 19.8 Å². The Bertz CT molecular complexity index is 434. The topological polar surface area (TPSA) is 56.5 Å². The zero-order valence-electron chi connectivity index (χ0n) is 10.7. The zero-order valence-corrected chi connectivity index (χ0v) is 13.1. The van der Waals surface area contributed by atoms with Crippen LogP contribution in [0.1, 0.15) is 30.2 Å². The Labute approximate surface area is 125 Å². The molecule has 0 saturated carbocycles. The number of nitrogens with one attached hydrogen (secondary N) is 1. The van der Waals surface area contributed by atoms with Crippen LogP contribution in [-0.2, 0) is 9.47 Å². The van der Waals surface area contributed by atoms with Gasteiger partial charge in [0.15, 0.2) is 0 Å². The van der Waals surface area contributed by atoms with E-state index in [9.17, 15) is 0 Å². The summed E-state index contributed by atoms with van der Waals surface area (Å²) < 4.78 is 12.7. The average molecular weight is 347 g/mol. The standard InChI is InChI=1S/C13H19BrN2O2S/c14-11-2-1-10(19-11)12(16-15)9-3-5-18-13(7-9)4-6-17-8-13/h1-2,9,12,16H,3-8,15H2. The summed E-state index contributed by atoms with van der Waals surface area (Å²) in [4.78, 5) is 1.29. The number of nitrogens with two attached hydrogens (primary N) is 1. The van der Waals surface area contributed by atoms with Gasteiger partial charge < -0.3 is 9.47 Å². The summed E-state index contributed by atoms with van der Waals surface area (Å²) in [7, 11) is 0. The van der Waals surface area contributed by atoms with Crippen LogP contribution in [0, 0.1) is 5.92 Å². The molecule has 19 heavy (non-hydrogen) atoms. The molecule has 3 rings (SSSR count). The molecule has 0 aromatic carbocycles. The molecule has 3 N–H and O–H groups in total. The van der Waals surface area contributed by atoms with E-state index in [1.54, 1.807) is 11.3 Å². The van der Waals surface area contributed by atoms with Gasteiger partial charge in [0.05, 0.1) is 22.0 Å². The fraction of sp³-hybridized carbons (Fsp3) is 0.692. The third kappa shape index (κ3) is 2.89. The van der Waals surface area contributed by atoms with Gasteiger partial charge in [-0.15, -0.1) is 11.3 Å².